The van der Waals surface area contributed by atoms with Crippen LogP contribution in [0.15, 0.2) is 215 Å². The molecule has 12 rings (SSSR count). The summed E-state index contributed by atoms with van der Waals surface area (Å²) in [6.07, 6.45) is 0.872. The molecule has 0 radical (unpaired) electrons. The van der Waals surface area contributed by atoms with Crippen LogP contribution in [0.4, 0.5) is 0 Å². The molecule has 0 aliphatic carbocycles. The molecule has 0 amide bonds. The highest BCUT2D eigenvalue weighted by molar-refractivity contribution is 6.11. The van der Waals surface area contributed by atoms with Crippen molar-refractivity contribution in [2.45, 2.75) is 12.3 Å². The highest BCUT2D eigenvalue weighted by Crippen LogP contribution is 2.39. The summed E-state index contributed by atoms with van der Waals surface area (Å²) < 4.78 is 15.0. The van der Waals surface area contributed by atoms with Crippen molar-refractivity contribution in [3.05, 3.63) is 223 Å². The van der Waals surface area contributed by atoms with E-state index in [0.717, 1.165) is 56.0 Å². The van der Waals surface area contributed by atoms with Crippen LogP contribution in [0.2, 0.25) is 0 Å². The normalized spacial score (nSPS) is 12.4. The van der Waals surface area contributed by atoms with E-state index in [1.54, 1.807) is 0 Å². The lowest BCUT2D eigenvalue weighted by atomic mass is 9.85. The molecule has 278 valence electrons. The summed E-state index contributed by atoms with van der Waals surface area (Å²) in [4.78, 5) is 0. The Kier molecular flexibility index (Phi) is 7.67. The van der Waals surface area contributed by atoms with Gasteiger partial charge < -0.3 is 13.4 Å². The number of nitrogens with zero attached hydrogens (tertiary/aromatic N) is 1. The van der Waals surface area contributed by atoms with Crippen LogP contribution in [0.25, 0.3) is 93.6 Å². The third-order valence-corrected chi connectivity index (χ3v) is 12.2. The molecule has 0 aliphatic rings. The zero-order chi connectivity index (χ0) is 38.9. The van der Waals surface area contributed by atoms with Crippen molar-refractivity contribution < 1.29 is 8.83 Å². The smallest absolute Gasteiger partial charge is 0.137 e. The molecule has 0 fully saturated rings. The number of para-hydroxylation sites is 3. The van der Waals surface area contributed by atoms with Gasteiger partial charge in [0.2, 0.25) is 0 Å². The van der Waals surface area contributed by atoms with Crippen LogP contribution in [0.5, 0.6) is 0 Å². The molecule has 3 heterocycles. The van der Waals surface area contributed by atoms with Crippen molar-refractivity contribution in [2.75, 3.05) is 0 Å². The van der Waals surface area contributed by atoms with E-state index >= 15 is 0 Å². The van der Waals surface area contributed by atoms with Gasteiger partial charge in [-0.25, -0.2) is 0 Å². The minimum Gasteiger partial charge on any atom is -0.456 e. The number of hydrogen-bond acceptors (Lipinski definition) is 2. The molecule has 12 aromatic rings. The highest BCUT2D eigenvalue weighted by atomic mass is 16.3. The Hall–Kier alpha value is -7.62. The molecule has 0 aliphatic heterocycles. The monoisotopic (exact) mass is 755 g/mol. The first-order chi connectivity index (χ1) is 29.2. The molecule has 1 atom stereocenters. The standard InChI is InChI=1S/C56H37NO2/c1-2-11-38(12-3-1)50(31-36-21-28-48-46-16-5-8-19-53(46)58-55(48)32-36)39-24-22-37(23-25-39)40-13-10-14-41(33-40)42-26-29-45-44-15-4-7-18-51(44)57(52(45)34-42)43-27-30-49-47-17-6-9-20-54(47)59-56(49)35-43/h1-30,32-35,50H,31H2. The Morgan fingerprint density at radius 1 is 0.339 bits per heavy atom. The third kappa shape index (κ3) is 5.66. The van der Waals surface area contributed by atoms with Crippen LogP contribution in [0.1, 0.15) is 22.6 Å². The molecule has 0 saturated heterocycles. The van der Waals surface area contributed by atoms with E-state index in [4.69, 9.17) is 8.83 Å². The van der Waals surface area contributed by atoms with E-state index in [-0.39, 0.29) is 5.92 Å². The number of hydrogen-bond donors (Lipinski definition) is 0. The maximum absolute atomic E-state index is 6.34. The van der Waals surface area contributed by atoms with Gasteiger partial charge in [0.05, 0.1) is 11.0 Å². The molecule has 0 bridgehead atoms. The zero-order valence-corrected chi connectivity index (χ0v) is 32.2. The largest absolute Gasteiger partial charge is 0.456 e. The topological polar surface area (TPSA) is 31.2 Å². The molecule has 1 unspecified atom stereocenters. The summed E-state index contributed by atoms with van der Waals surface area (Å²) in [5.41, 5.74) is 15.7. The Balaban J connectivity index is 0.892. The van der Waals surface area contributed by atoms with Crippen molar-refractivity contribution in [1.82, 2.24) is 4.57 Å². The number of furan rings is 2. The second kappa shape index (κ2) is 13.5. The molecular formula is C56H37NO2. The van der Waals surface area contributed by atoms with Gasteiger partial charge in [0.1, 0.15) is 22.3 Å². The van der Waals surface area contributed by atoms with Crippen molar-refractivity contribution in [3.63, 3.8) is 0 Å². The third-order valence-electron chi connectivity index (χ3n) is 12.2. The quantitative estimate of drug-likeness (QED) is 0.162. The Labute approximate surface area is 341 Å². The Bertz CT molecular complexity index is 3530. The van der Waals surface area contributed by atoms with E-state index in [1.807, 2.05) is 24.3 Å². The van der Waals surface area contributed by atoms with Gasteiger partial charge in [-0.05, 0) is 93.9 Å². The summed E-state index contributed by atoms with van der Waals surface area (Å²) in [6, 6.07) is 74.4. The minimum atomic E-state index is 0.199. The first-order valence-corrected chi connectivity index (χ1v) is 20.3. The molecule has 3 heteroatoms. The van der Waals surface area contributed by atoms with Gasteiger partial charge in [0, 0.05) is 50.0 Å². The van der Waals surface area contributed by atoms with E-state index in [9.17, 15) is 0 Å². The second-order valence-corrected chi connectivity index (χ2v) is 15.7. The highest BCUT2D eigenvalue weighted by Gasteiger charge is 2.18. The molecule has 3 nitrogen and oxygen atoms in total. The van der Waals surface area contributed by atoms with Crippen LogP contribution in [-0.2, 0) is 6.42 Å². The fourth-order valence-corrected chi connectivity index (χ4v) is 9.31. The first-order valence-electron chi connectivity index (χ1n) is 20.3. The fourth-order valence-electron chi connectivity index (χ4n) is 9.31. The summed E-state index contributed by atoms with van der Waals surface area (Å²) in [5, 5.41) is 7.06. The van der Waals surface area contributed by atoms with Gasteiger partial charge in [-0.2, -0.15) is 0 Å². The first kappa shape index (κ1) is 33.5. The Morgan fingerprint density at radius 2 is 0.881 bits per heavy atom. The van der Waals surface area contributed by atoms with Crippen molar-refractivity contribution in [2.24, 2.45) is 0 Å². The fraction of sp³-hybridized carbons (Fsp3) is 0.0357. The van der Waals surface area contributed by atoms with Gasteiger partial charge in [-0.15, -0.1) is 0 Å². The van der Waals surface area contributed by atoms with E-state index < -0.39 is 0 Å². The average Bonchev–Trinajstić information content (AvgIpc) is 3.97. The molecule has 59 heavy (non-hydrogen) atoms. The summed E-state index contributed by atoms with van der Waals surface area (Å²) in [6.45, 7) is 0. The SMILES string of the molecule is c1ccc(C(Cc2ccc3c(c2)oc2ccccc23)c2ccc(-c3cccc(-c4ccc5c6ccccc6n(-c6ccc7c(c6)oc6ccccc67)c5c4)c3)cc2)cc1. The number of benzene rings is 9. The number of fused-ring (bicyclic) bond motifs is 9. The second-order valence-electron chi connectivity index (χ2n) is 15.7. The predicted molar refractivity (Wildman–Crippen MR) is 245 cm³/mol. The molecule has 0 spiro atoms. The molecule has 0 N–H and O–H groups in total. The molecule has 3 aromatic heterocycles. The number of rotatable bonds is 7. The predicted octanol–water partition coefficient (Wildman–Crippen LogP) is 15.3. The van der Waals surface area contributed by atoms with Gasteiger partial charge >= 0.3 is 0 Å². The summed E-state index contributed by atoms with van der Waals surface area (Å²) in [7, 11) is 0. The number of aromatic nitrogens is 1. The van der Waals surface area contributed by atoms with E-state index in [0.29, 0.717) is 0 Å². The van der Waals surface area contributed by atoms with Gasteiger partial charge in [-0.3, -0.25) is 0 Å². The van der Waals surface area contributed by atoms with Crippen LogP contribution in [0, 0.1) is 0 Å². The van der Waals surface area contributed by atoms with Crippen molar-refractivity contribution in [1.29, 1.82) is 0 Å². The average molecular weight is 756 g/mol. The van der Waals surface area contributed by atoms with Gasteiger partial charge in [0.15, 0.2) is 0 Å². The Morgan fingerprint density at radius 3 is 1.64 bits per heavy atom. The van der Waals surface area contributed by atoms with Gasteiger partial charge in [0.25, 0.3) is 0 Å². The van der Waals surface area contributed by atoms with Crippen LogP contribution >= 0.6 is 0 Å². The van der Waals surface area contributed by atoms with Gasteiger partial charge in [-0.1, -0.05) is 152 Å². The molecule has 9 aromatic carbocycles. The zero-order valence-electron chi connectivity index (χ0n) is 32.2. The molecule has 0 saturated carbocycles. The minimum absolute atomic E-state index is 0.199. The van der Waals surface area contributed by atoms with E-state index in [2.05, 4.69) is 187 Å². The summed E-state index contributed by atoms with van der Waals surface area (Å²) >= 11 is 0. The lowest BCUT2D eigenvalue weighted by Crippen LogP contribution is -2.05. The summed E-state index contributed by atoms with van der Waals surface area (Å²) in [5.74, 6) is 0.199. The maximum atomic E-state index is 6.34. The maximum Gasteiger partial charge on any atom is 0.137 e. The van der Waals surface area contributed by atoms with Crippen LogP contribution < -0.4 is 0 Å². The van der Waals surface area contributed by atoms with E-state index in [1.165, 1.54) is 60.8 Å². The van der Waals surface area contributed by atoms with Crippen LogP contribution in [0.3, 0.4) is 0 Å². The lowest BCUT2D eigenvalue weighted by Gasteiger charge is -2.19. The lowest BCUT2D eigenvalue weighted by molar-refractivity contribution is 0.667. The van der Waals surface area contributed by atoms with Crippen LogP contribution in [-0.4, -0.2) is 4.57 Å². The van der Waals surface area contributed by atoms with Crippen molar-refractivity contribution >= 4 is 65.7 Å². The van der Waals surface area contributed by atoms with Crippen molar-refractivity contribution in [3.8, 4) is 27.9 Å². The molecular weight excluding hydrogens is 719 g/mol.